The lowest BCUT2D eigenvalue weighted by atomic mass is 9.87. The van der Waals surface area contributed by atoms with Gasteiger partial charge in [0, 0.05) is 22.0 Å². The van der Waals surface area contributed by atoms with Gasteiger partial charge in [0.05, 0.1) is 16.7 Å². The highest BCUT2D eigenvalue weighted by atomic mass is 79.9. The Labute approximate surface area is 170 Å². The monoisotopic (exact) mass is 430 g/mol. The van der Waals surface area contributed by atoms with Gasteiger partial charge in [-0.3, -0.25) is 4.79 Å². The van der Waals surface area contributed by atoms with E-state index < -0.39 is 5.60 Å². The third-order valence-electron chi connectivity index (χ3n) is 5.17. The van der Waals surface area contributed by atoms with Gasteiger partial charge in [-0.25, -0.2) is 9.97 Å². The first-order chi connectivity index (χ1) is 13.6. The Bertz CT molecular complexity index is 1240. The van der Waals surface area contributed by atoms with Crippen LogP contribution in [0.15, 0.2) is 77.3 Å². The van der Waals surface area contributed by atoms with Crippen molar-refractivity contribution in [1.82, 2.24) is 9.97 Å². The number of fused-ring (bicyclic) bond motifs is 4. The third-order valence-corrected chi connectivity index (χ3v) is 5.70. The first kappa shape index (κ1) is 17.2. The first-order valence-electron chi connectivity index (χ1n) is 8.94. The molecule has 5 heteroatoms. The summed E-state index contributed by atoms with van der Waals surface area (Å²) in [4.78, 5) is 22.4. The van der Waals surface area contributed by atoms with Gasteiger partial charge in [0.15, 0.2) is 5.78 Å². The molecule has 136 valence electrons. The normalized spacial score (nSPS) is 17.4. The molecule has 0 radical (unpaired) electrons. The van der Waals surface area contributed by atoms with Crippen LogP contribution in [0.2, 0.25) is 0 Å². The molecule has 5 rings (SSSR count). The summed E-state index contributed by atoms with van der Waals surface area (Å²) in [5.74, 6) is -0.146. The summed E-state index contributed by atoms with van der Waals surface area (Å²) in [5, 5.41) is 11.7. The van der Waals surface area contributed by atoms with Crippen molar-refractivity contribution in [3.8, 4) is 11.3 Å². The van der Waals surface area contributed by atoms with Crippen molar-refractivity contribution in [3.63, 3.8) is 0 Å². The minimum absolute atomic E-state index is 0.0916. The lowest BCUT2D eigenvalue weighted by molar-refractivity contribution is 0.0587. The summed E-state index contributed by atoms with van der Waals surface area (Å²) in [7, 11) is 0. The van der Waals surface area contributed by atoms with E-state index in [0.717, 1.165) is 15.6 Å². The number of aromatic nitrogens is 2. The molecule has 1 aliphatic carbocycles. The van der Waals surface area contributed by atoms with Crippen molar-refractivity contribution >= 4 is 32.7 Å². The van der Waals surface area contributed by atoms with Gasteiger partial charge in [-0.2, -0.15) is 0 Å². The number of hydrogen-bond acceptors (Lipinski definition) is 4. The highest BCUT2D eigenvalue weighted by molar-refractivity contribution is 9.10. The van der Waals surface area contributed by atoms with Crippen molar-refractivity contribution in [2.75, 3.05) is 0 Å². The predicted octanol–water partition coefficient (Wildman–Crippen LogP) is 4.88. The Hall–Kier alpha value is -2.89. The summed E-state index contributed by atoms with van der Waals surface area (Å²) < 4.78 is 0.900. The molecule has 0 fully saturated rings. The molecule has 4 nitrogen and oxygen atoms in total. The Morgan fingerprint density at radius 2 is 1.54 bits per heavy atom. The third kappa shape index (κ3) is 2.58. The van der Waals surface area contributed by atoms with Gasteiger partial charge in [0.1, 0.15) is 11.3 Å². The molecule has 1 heterocycles. The smallest absolute Gasteiger partial charge is 0.166 e. The predicted molar refractivity (Wildman–Crippen MR) is 111 cm³/mol. The number of para-hydroxylation sites is 2. The van der Waals surface area contributed by atoms with Crippen LogP contribution in [0, 0.1) is 0 Å². The molecule has 1 atom stereocenters. The van der Waals surface area contributed by atoms with E-state index in [1.54, 1.807) is 12.1 Å². The van der Waals surface area contributed by atoms with Crippen LogP contribution >= 0.6 is 15.9 Å². The Balaban J connectivity index is 1.67. The molecule has 0 saturated heterocycles. The van der Waals surface area contributed by atoms with Crippen LogP contribution in [0.1, 0.15) is 28.0 Å². The number of carbonyl (C=O) groups is 1. The number of carbonyl (C=O) groups excluding carboxylic acids is 1. The van der Waals surface area contributed by atoms with E-state index in [9.17, 15) is 9.90 Å². The number of nitrogens with zero attached hydrogens (tertiary/aromatic N) is 2. The van der Waals surface area contributed by atoms with Crippen LogP contribution in [-0.4, -0.2) is 20.9 Å². The van der Waals surface area contributed by atoms with E-state index in [-0.39, 0.29) is 12.2 Å². The number of rotatable bonds is 3. The molecule has 1 unspecified atom stereocenters. The van der Waals surface area contributed by atoms with Crippen LogP contribution in [0.3, 0.4) is 0 Å². The standard InChI is InChI=1S/C23H15BrN2O2/c24-15-11-9-14(10-12-15)20(27)13-23(28)17-6-2-1-5-16(17)21-22(23)26-19-8-4-3-7-18(19)25-21/h1-12,28H,13H2. The topological polar surface area (TPSA) is 63.1 Å². The summed E-state index contributed by atoms with van der Waals surface area (Å²) >= 11 is 3.38. The molecule has 4 aromatic rings. The van der Waals surface area contributed by atoms with E-state index in [1.807, 2.05) is 60.7 Å². The summed E-state index contributed by atoms with van der Waals surface area (Å²) in [5.41, 5.74) is 3.08. The molecule has 0 amide bonds. The van der Waals surface area contributed by atoms with Crippen molar-refractivity contribution in [2.24, 2.45) is 0 Å². The fourth-order valence-electron chi connectivity index (χ4n) is 3.80. The average Bonchev–Trinajstić information content (AvgIpc) is 2.95. The SMILES string of the molecule is O=C(CC1(O)c2ccccc2-c2nc3ccccc3nc21)c1ccc(Br)cc1. The molecule has 1 N–H and O–H groups in total. The zero-order valence-corrected chi connectivity index (χ0v) is 16.3. The van der Waals surface area contributed by atoms with Gasteiger partial charge in [0.2, 0.25) is 0 Å². The average molecular weight is 431 g/mol. The van der Waals surface area contributed by atoms with Gasteiger partial charge >= 0.3 is 0 Å². The van der Waals surface area contributed by atoms with Gasteiger partial charge in [0.25, 0.3) is 0 Å². The summed E-state index contributed by atoms with van der Waals surface area (Å²) in [6, 6.07) is 22.2. The zero-order valence-electron chi connectivity index (χ0n) is 14.8. The van der Waals surface area contributed by atoms with Gasteiger partial charge in [-0.15, -0.1) is 0 Å². The Morgan fingerprint density at radius 3 is 2.29 bits per heavy atom. The van der Waals surface area contributed by atoms with Crippen LogP contribution in [0.25, 0.3) is 22.3 Å². The first-order valence-corrected chi connectivity index (χ1v) is 9.74. The number of halogens is 1. The fraction of sp³-hybridized carbons (Fsp3) is 0.0870. The zero-order chi connectivity index (χ0) is 19.3. The molecule has 0 saturated carbocycles. The molecule has 3 aromatic carbocycles. The largest absolute Gasteiger partial charge is 0.378 e. The summed E-state index contributed by atoms with van der Waals surface area (Å²) in [6.07, 6.45) is -0.0916. The van der Waals surface area contributed by atoms with E-state index in [1.165, 1.54) is 0 Å². The lowest BCUT2D eigenvalue weighted by Gasteiger charge is -2.24. The molecule has 0 bridgehead atoms. The maximum Gasteiger partial charge on any atom is 0.166 e. The molecule has 28 heavy (non-hydrogen) atoms. The number of aliphatic hydroxyl groups is 1. The highest BCUT2D eigenvalue weighted by Crippen LogP contribution is 2.48. The Kier molecular flexibility index (Phi) is 3.89. The number of hydrogen-bond donors (Lipinski definition) is 1. The van der Waals surface area contributed by atoms with Crippen molar-refractivity contribution in [2.45, 2.75) is 12.0 Å². The maximum absolute atomic E-state index is 13.0. The second-order valence-electron chi connectivity index (χ2n) is 6.92. The van der Waals surface area contributed by atoms with Crippen LogP contribution in [-0.2, 0) is 5.60 Å². The number of benzene rings is 3. The van der Waals surface area contributed by atoms with Crippen LogP contribution < -0.4 is 0 Å². The fourth-order valence-corrected chi connectivity index (χ4v) is 4.07. The van der Waals surface area contributed by atoms with Gasteiger partial charge in [-0.1, -0.05) is 64.5 Å². The molecule has 0 aliphatic heterocycles. The molecule has 0 spiro atoms. The second-order valence-corrected chi connectivity index (χ2v) is 7.84. The highest BCUT2D eigenvalue weighted by Gasteiger charge is 2.45. The number of ketones is 1. The number of Topliss-reactive ketones (excluding diaryl/α,β-unsaturated/α-hetero) is 1. The van der Waals surface area contributed by atoms with Gasteiger partial charge < -0.3 is 5.11 Å². The van der Waals surface area contributed by atoms with Crippen LogP contribution in [0.5, 0.6) is 0 Å². The maximum atomic E-state index is 13.0. The molecule has 1 aliphatic rings. The minimum Gasteiger partial charge on any atom is -0.378 e. The Morgan fingerprint density at radius 1 is 0.893 bits per heavy atom. The van der Waals surface area contributed by atoms with Crippen LogP contribution in [0.4, 0.5) is 0 Å². The molecule has 1 aromatic heterocycles. The molecular formula is C23H15BrN2O2. The van der Waals surface area contributed by atoms with Crippen molar-refractivity contribution in [1.29, 1.82) is 0 Å². The van der Waals surface area contributed by atoms with Crippen molar-refractivity contribution in [3.05, 3.63) is 94.1 Å². The van der Waals surface area contributed by atoms with E-state index in [4.69, 9.17) is 9.97 Å². The minimum atomic E-state index is -1.51. The summed E-state index contributed by atoms with van der Waals surface area (Å²) in [6.45, 7) is 0. The van der Waals surface area contributed by atoms with E-state index in [0.29, 0.717) is 28.0 Å². The quantitative estimate of drug-likeness (QED) is 0.470. The molecular weight excluding hydrogens is 416 g/mol. The van der Waals surface area contributed by atoms with Crippen molar-refractivity contribution < 1.29 is 9.90 Å². The van der Waals surface area contributed by atoms with E-state index in [2.05, 4.69) is 15.9 Å². The lowest BCUT2D eigenvalue weighted by Crippen LogP contribution is -2.29. The van der Waals surface area contributed by atoms with E-state index >= 15 is 0 Å². The van der Waals surface area contributed by atoms with Gasteiger partial charge in [-0.05, 0) is 29.8 Å². The second kappa shape index (κ2) is 6.33.